The summed E-state index contributed by atoms with van der Waals surface area (Å²) in [5.74, 6) is 0.0165. The average molecular weight is 276 g/mol. The summed E-state index contributed by atoms with van der Waals surface area (Å²) < 4.78 is 5.77. The molecule has 110 valence electrons. The quantitative estimate of drug-likeness (QED) is 0.619. The Kier molecular flexibility index (Phi) is 5.87. The Hall–Kier alpha value is -1.55. The Morgan fingerprint density at radius 3 is 2.85 bits per heavy atom. The van der Waals surface area contributed by atoms with Crippen LogP contribution in [0.25, 0.3) is 0 Å². The van der Waals surface area contributed by atoms with Crippen LogP contribution in [0.4, 0.5) is 5.69 Å². The van der Waals surface area contributed by atoms with Crippen LogP contribution in [-0.4, -0.2) is 25.2 Å². The minimum absolute atomic E-state index is 0.0165. The van der Waals surface area contributed by atoms with E-state index in [0.717, 1.165) is 18.4 Å². The number of benzene rings is 1. The smallest absolute Gasteiger partial charge is 0.224 e. The highest BCUT2D eigenvalue weighted by Gasteiger charge is 2.13. The summed E-state index contributed by atoms with van der Waals surface area (Å²) >= 11 is 0. The lowest BCUT2D eigenvalue weighted by molar-refractivity contribution is -0.120. The molecule has 0 unspecified atom stereocenters. The Morgan fingerprint density at radius 2 is 2.10 bits per heavy atom. The van der Waals surface area contributed by atoms with Crippen molar-refractivity contribution in [2.45, 2.75) is 44.6 Å². The fourth-order valence-electron chi connectivity index (χ4n) is 2.60. The Bertz CT molecular complexity index is 428. The third-order valence-corrected chi connectivity index (χ3v) is 3.65. The lowest BCUT2D eigenvalue weighted by atomic mass is 9.98. The highest BCUT2D eigenvalue weighted by molar-refractivity contribution is 5.78. The van der Waals surface area contributed by atoms with Gasteiger partial charge in [0, 0.05) is 12.2 Å². The second kappa shape index (κ2) is 7.90. The molecule has 0 heterocycles. The van der Waals surface area contributed by atoms with Gasteiger partial charge in [0.05, 0.1) is 19.1 Å². The molecule has 0 atom stereocenters. The van der Waals surface area contributed by atoms with Crippen LogP contribution in [-0.2, 0) is 16.0 Å². The van der Waals surface area contributed by atoms with Gasteiger partial charge in [0.1, 0.15) is 0 Å². The summed E-state index contributed by atoms with van der Waals surface area (Å²) in [4.78, 5) is 11.8. The van der Waals surface area contributed by atoms with Gasteiger partial charge >= 0.3 is 0 Å². The van der Waals surface area contributed by atoms with E-state index >= 15 is 0 Å². The van der Waals surface area contributed by atoms with E-state index in [4.69, 9.17) is 10.5 Å². The number of rotatable bonds is 6. The highest BCUT2D eigenvalue weighted by Crippen LogP contribution is 2.19. The normalized spacial score (nSPS) is 16.0. The molecule has 4 nitrogen and oxygen atoms in total. The van der Waals surface area contributed by atoms with Crippen molar-refractivity contribution in [3.8, 4) is 0 Å². The number of ether oxygens (including phenoxy) is 1. The van der Waals surface area contributed by atoms with Crippen LogP contribution in [0, 0.1) is 0 Å². The van der Waals surface area contributed by atoms with Crippen LogP contribution in [0.5, 0.6) is 0 Å². The zero-order valence-electron chi connectivity index (χ0n) is 11.9. The molecule has 0 spiro atoms. The maximum atomic E-state index is 11.8. The topological polar surface area (TPSA) is 64.4 Å². The molecule has 1 aliphatic carbocycles. The minimum atomic E-state index is 0.0165. The molecular formula is C16H24N2O2. The van der Waals surface area contributed by atoms with Crippen molar-refractivity contribution < 1.29 is 9.53 Å². The molecule has 4 heteroatoms. The van der Waals surface area contributed by atoms with Gasteiger partial charge in [-0.3, -0.25) is 4.79 Å². The zero-order chi connectivity index (χ0) is 14.2. The van der Waals surface area contributed by atoms with Gasteiger partial charge in [0.2, 0.25) is 5.91 Å². The van der Waals surface area contributed by atoms with Gasteiger partial charge in [-0.1, -0.05) is 31.4 Å². The molecule has 1 aromatic carbocycles. The maximum Gasteiger partial charge on any atom is 0.224 e. The van der Waals surface area contributed by atoms with Crippen LogP contribution in [0.1, 0.15) is 37.7 Å². The third kappa shape index (κ3) is 5.21. The second-order valence-corrected chi connectivity index (χ2v) is 5.40. The monoisotopic (exact) mass is 276 g/mol. The Morgan fingerprint density at radius 1 is 1.30 bits per heavy atom. The van der Waals surface area contributed by atoms with Crippen LogP contribution in [0.2, 0.25) is 0 Å². The average Bonchev–Trinajstić information content (AvgIpc) is 2.45. The number of nitrogen functional groups attached to an aromatic ring is 1. The van der Waals surface area contributed by atoms with E-state index < -0.39 is 0 Å². The number of nitrogens with two attached hydrogens (primary N) is 1. The van der Waals surface area contributed by atoms with Crippen LogP contribution >= 0.6 is 0 Å². The molecule has 0 saturated heterocycles. The molecule has 1 aliphatic rings. The first-order valence-corrected chi connectivity index (χ1v) is 7.47. The van der Waals surface area contributed by atoms with Crippen molar-refractivity contribution in [3.63, 3.8) is 0 Å². The van der Waals surface area contributed by atoms with Gasteiger partial charge in [-0.05, 0) is 30.5 Å². The summed E-state index contributed by atoms with van der Waals surface area (Å²) in [6, 6.07) is 7.43. The fraction of sp³-hybridized carbons (Fsp3) is 0.562. The van der Waals surface area contributed by atoms with Gasteiger partial charge in [-0.2, -0.15) is 0 Å². The first-order chi connectivity index (χ1) is 9.74. The second-order valence-electron chi connectivity index (χ2n) is 5.40. The van der Waals surface area contributed by atoms with E-state index in [1.54, 1.807) is 0 Å². The summed E-state index contributed by atoms with van der Waals surface area (Å²) in [6.45, 7) is 1.19. The first kappa shape index (κ1) is 14.9. The van der Waals surface area contributed by atoms with Gasteiger partial charge in [-0.25, -0.2) is 0 Å². The van der Waals surface area contributed by atoms with Crippen LogP contribution in [0.15, 0.2) is 24.3 Å². The summed E-state index contributed by atoms with van der Waals surface area (Å²) in [5.41, 5.74) is 7.32. The van der Waals surface area contributed by atoms with Crippen molar-refractivity contribution in [2.75, 3.05) is 18.9 Å². The molecule has 1 amide bonds. The molecule has 0 radical (unpaired) electrons. The molecule has 0 aliphatic heterocycles. The van der Waals surface area contributed by atoms with Gasteiger partial charge < -0.3 is 15.8 Å². The van der Waals surface area contributed by atoms with Gasteiger partial charge in [0.15, 0.2) is 0 Å². The lowest BCUT2D eigenvalue weighted by Gasteiger charge is -2.22. The van der Waals surface area contributed by atoms with E-state index in [-0.39, 0.29) is 5.91 Å². The zero-order valence-corrected chi connectivity index (χ0v) is 11.9. The minimum Gasteiger partial charge on any atom is -0.399 e. The van der Waals surface area contributed by atoms with Crippen LogP contribution < -0.4 is 11.1 Å². The van der Waals surface area contributed by atoms with E-state index in [1.165, 1.54) is 19.3 Å². The first-order valence-electron chi connectivity index (χ1n) is 7.47. The van der Waals surface area contributed by atoms with E-state index in [9.17, 15) is 4.79 Å². The Labute approximate surface area is 120 Å². The number of hydrogen-bond acceptors (Lipinski definition) is 3. The summed E-state index contributed by atoms with van der Waals surface area (Å²) in [6.07, 6.45) is 6.97. The number of carbonyl (C=O) groups is 1. The number of amides is 1. The molecule has 1 saturated carbocycles. The maximum absolute atomic E-state index is 11.8. The molecule has 0 aromatic heterocycles. The van der Waals surface area contributed by atoms with E-state index in [1.807, 2.05) is 24.3 Å². The lowest BCUT2D eigenvalue weighted by Crippen LogP contribution is -2.30. The van der Waals surface area contributed by atoms with Crippen LogP contribution in [0.3, 0.4) is 0 Å². The molecule has 1 fully saturated rings. The van der Waals surface area contributed by atoms with Crippen molar-refractivity contribution in [1.29, 1.82) is 0 Å². The number of nitrogens with one attached hydrogen (secondary N) is 1. The van der Waals surface area contributed by atoms with Gasteiger partial charge in [-0.15, -0.1) is 0 Å². The predicted molar refractivity (Wildman–Crippen MR) is 80.4 cm³/mol. The molecular weight excluding hydrogens is 252 g/mol. The Balaban J connectivity index is 1.60. The number of carbonyl (C=O) groups excluding carboxylic acids is 1. The van der Waals surface area contributed by atoms with Crippen molar-refractivity contribution in [1.82, 2.24) is 5.32 Å². The molecule has 20 heavy (non-hydrogen) atoms. The summed E-state index contributed by atoms with van der Waals surface area (Å²) in [7, 11) is 0. The number of anilines is 1. The molecule has 0 bridgehead atoms. The van der Waals surface area contributed by atoms with Crippen molar-refractivity contribution >= 4 is 11.6 Å². The highest BCUT2D eigenvalue weighted by atomic mass is 16.5. The van der Waals surface area contributed by atoms with Crippen molar-refractivity contribution in [3.05, 3.63) is 29.8 Å². The fourth-order valence-corrected chi connectivity index (χ4v) is 2.60. The molecule has 2 rings (SSSR count). The molecule has 3 N–H and O–H groups in total. The largest absolute Gasteiger partial charge is 0.399 e. The SMILES string of the molecule is Nc1cccc(CC(=O)NCCOC2CCCCC2)c1. The van der Waals surface area contributed by atoms with E-state index in [2.05, 4.69) is 5.32 Å². The summed E-state index contributed by atoms with van der Waals surface area (Å²) in [5, 5.41) is 2.89. The third-order valence-electron chi connectivity index (χ3n) is 3.65. The number of hydrogen-bond donors (Lipinski definition) is 2. The van der Waals surface area contributed by atoms with Crippen molar-refractivity contribution in [2.24, 2.45) is 0 Å². The van der Waals surface area contributed by atoms with Gasteiger partial charge in [0.25, 0.3) is 0 Å². The standard InChI is InChI=1S/C16H24N2O2/c17-14-6-4-5-13(11-14)12-16(19)18-9-10-20-15-7-2-1-3-8-15/h4-6,11,15H,1-3,7-10,12,17H2,(H,18,19). The van der Waals surface area contributed by atoms with E-state index in [0.29, 0.717) is 31.4 Å². The molecule has 1 aromatic rings. The predicted octanol–water partition coefficient (Wildman–Crippen LogP) is 2.28.